The van der Waals surface area contributed by atoms with Crippen LogP contribution in [0.3, 0.4) is 0 Å². The van der Waals surface area contributed by atoms with Crippen LogP contribution in [0, 0.1) is 17.8 Å². The van der Waals surface area contributed by atoms with Crippen LogP contribution in [-0.2, 0) is 11.2 Å². The summed E-state index contributed by atoms with van der Waals surface area (Å²) in [6.45, 7) is 3.17. The summed E-state index contributed by atoms with van der Waals surface area (Å²) in [7, 11) is 1.66. The van der Waals surface area contributed by atoms with Gasteiger partial charge in [-0.25, -0.2) is 4.98 Å². The number of imidazole rings is 1. The molecule has 6 heteroatoms. The van der Waals surface area contributed by atoms with Gasteiger partial charge in [-0.05, 0) is 55.7 Å². The molecule has 4 rings (SSSR count). The van der Waals surface area contributed by atoms with E-state index in [1.807, 2.05) is 18.2 Å². The topological polar surface area (TPSA) is 78.5 Å². The van der Waals surface area contributed by atoms with E-state index < -0.39 is 5.97 Å². The summed E-state index contributed by atoms with van der Waals surface area (Å²) < 4.78 is 5.44. The highest BCUT2D eigenvalue weighted by molar-refractivity contribution is 5.81. The van der Waals surface area contributed by atoms with Crippen molar-refractivity contribution >= 4 is 17.0 Å². The number of benzene rings is 1. The summed E-state index contributed by atoms with van der Waals surface area (Å²) >= 11 is 0. The maximum Gasteiger partial charge on any atom is 0.303 e. The molecule has 1 aromatic carbocycles. The number of carbonyl (C=O) groups is 1. The fourth-order valence-corrected chi connectivity index (χ4v) is 5.35. The molecular formula is C23H33N3O3. The lowest BCUT2D eigenvalue weighted by molar-refractivity contribution is -0.139. The van der Waals surface area contributed by atoms with E-state index >= 15 is 0 Å². The van der Waals surface area contributed by atoms with Crippen LogP contribution in [0.1, 0.15) is 50.8 Å². The number of para-hydroxylation sites is 1. The third kappa shape index (κ3) is 4.92. The molecule has 0 amide bonds. The first kappa shape index (κ1) is 20.2. The molecule has 2 atom stereocenters. The van der Waals surface area contributed by atoms with Crippen LogP contribution in [0.25, 0.3) is 11.0 Å². The third-order valence-electron chi connectivity index (χ3n) is 6.85. The minimum Gasteiger partial charge on any atom is -0.494 e. The number of aromatic amines is 1. The number of rotatable bonds is 7. The number of carboxylic acids is 1. The molecule has 0 unspecified atom stereocenters. The SMILES string of the molecule is COc1cccc2[nH]c(C[C@H]3CN(CC4CCCCC4)CC[C@H]3CC(=O)O)nc12. The normalized spacial score (nSPS) is 24.0. The van der Waals surface area contributed by atoms with E-state index in [-0.39, 0.29) is 12.3 Å². The maximum atomic E-state index is 11.4. The van der Waals surface area contributed by atoms with Gasteiger partial charge >= 0.3 is 5.97 Å². The van der Waals surface area contributed by atoms with Crippen molar-refractivity contribution in [2.24, 2.45) is 17.8 Å². The maximum absolute atomic E-state index is 11.4. The zero-order valence-corrected chi connectivity index (χ0v) is 17.4. The second kappa shape index (κ2) is 9.16. The number of likely N-dealkylation sites (tertiary alicyclic amines) is 1. The zero-order chi connectivity index (χ0) is 20.2. The Hall–Kier alpha value is -2.08. The number of carboxylic acid groups (broad SMARTS) is 1. The Balaban J connectivity index is 1.48. The predicted molar refractivity (Wildman–Crippen MR) is 113 cm³/mol. The first-order valence-electron chi connectivity index (χ1n) is 11.1. The van der Waals surface area contributed by atoms with Crippen LogP contribution in [-0.4, -0.2) is 52.7 Å². The van der Waals surface area contributed by atoms with E-state index in [1.165, 1.54) is 38.6 Å². The molecule has 2 fully saturated rings. The van der Waals surface area contributed by atoms with Crippen molar-refractivity contribution in [3.8, 4) is 5.75 Å². The van der Waals surface area contributed by atoms with Gasteiger partial charge in [0.15, 0.2) is 0 Å². The van der Waals surface area contributed by atoms with Gasteiger partial charge in [-0.2, -0.15) is 0 Å². The molecule has 2 aliphatic rings. The Kier molecular flexibility index (Phi) is 6.38. The molecule has 1 saturated heterocycles. The number of hydrogen-bond donors (Lipinski definition) is 2. The van der Waals surface area contributed by atoms with E-state index in [1.54, 1.807) is 7.11 Å². The second-order valence-electron chi connectivity index (χ2n) is 8.91. The van der Waals surface area contributed by atoms with Gasteiger partial charge in [-0.3, -0.25) is 4.79 Å². The van der Waals surface area contributed by atoms with Crippen molar-refractivity contribution < 1.29 is 14.6 Å². The average molecular weight is 400 g/mol. The van der Waals surface area contributed by atoms with E-state index in [2.05, 4.69) is 9.88 Å². The van der Waals surface area contributed by atoms with Crippen molar-refractivity contribution in [1.82, 2.24) is 14.9 Å². The van der Waals surface area contributed by atoms with Crippen LogP contribution in [0.5, 0.6) is 5.75 Å². The number of nitrogens with one attached hydrogen (secondary N) is 1. The number of piperidine rings is 1. The van der Waals surface area contributed by atoms with Gasteiger partial charge in [0.25, 0.3) is 0 Å². The van der Waals surface area contributed by atoms with Crippen molar-refractivity contribution in [2.75, 3.05) is 26.7 Å². The second-order valence-corrected chi connectivity index (χ2v) is 8.91. The fourth-order valence-electron chi connectivity index (χ4n) is 5.35. The highest BCUT2D eigenvalue weighted by Gasteiger charge is 2.32. The van der Waals surface area contributed by atoms with E-state index in [9.17, 15) is 9.90 Å². The zero-order valence-electron chi connectivity index (χ0n) is 17.4. The minimum atomic E-state index is -0.688. The third-order valence-corrected chi connectivity index (χ3v) is 6.85. The van der Waals surface area contributed by atoms with Gasteiger partial charge in [0.05, 0.1) is 12.6 Å². The number of methoxy groups -OCH3 is 1. The van der Waals surface area contributed by atoms with Gasteiger partial charge in [-0.15, -0.1) is 0 Å². The Morgan fingerprint density at radius 1 is 1.24 bits per heavy atom. The summed E-state index contributed by atoms with van der Waals surface area (Å²) in [6.07, 6.45) is 8.83. The Bertz CT molecular complexity index is 828. The molecule has 0 radical (unpaired) electrons. The number of aliphatic carboxylic acids is 1. The molecule has 1 aromatic heterocycles. The molecule has 1 saturated carbocycles. The number of H-pyrrole nitrogens is 1. The van der Waals surface area contributed by atoms with Crippen LogP contribution < -0.4 is 4.74 Å². The Labute approximate surface area is 172 Å². The highest BCUT2D eigenvalue weighted by Crippen LogP contribution is 2.32. The first-order valence-corrected chi connectivity index (χ1v) is 11.1. The molecule has 2 heterocycles. The fraction of sp³-hybridized carbons (Fsp3) is 0.652. The van der Waals surface area contributed by atoms with Crippen molar-refractivity contribution in [3.05, 3.63) is 24.0 Å². The lowest BCUT2D eigenvalue weighted by atomic mass is 9.80. The number of fused-ring (bicyclic) bond motifs is 1. The quantitative estimate of drug-likeness (QED) is 0.733. The van der Waals surface area contributed by atoms with Crippen LogP contribution >= 0.6 is 0 Å². The number of hydrogen-bond acceptors (Lipinski definition) is 4. The smallest absolute Gasteiger partial charge is 0.303 e. The van der Waals surface area contributed by atoms with Crippen molar-refractivity contribution in [2.45, 2.75) is 51.4 Å². The number of aromatic nitrogens is 2. The monoisotopic (exact) mass is 399 g/mol. The van der Waals surface area contributed by atoms with Gasteiger partial charge in [-0.1, -0.05) is 25.3 Å². The summed E-state index contributed by atoms with van der Waals surface area (Å²) in [5.41, 5.74) is 1.83. The molecule has 2 aromatic rings. The Morgan fingerprint density at radius 2 is 2.07 bits per heavy atom. The summed E-state index contributed by atoms with van der Waals surface area (Å²) in [5, 5.41) is 9.41. The summed E-state index contributed by atoms with van der Waals surface area (Å²) in [6, 6.07) is 5.90. The molecule has 1 aliphatic heterocycles. The summed E-state index contributed by atoms with van der Waals surface area (Å²) in [5.74, 6) is 2.36. The predicted octanol–water partition coefficient (Wildman–Crippen LogP) is 4.11. The molecule has 158 valence electrons. The standard InChI is InChI=1S/C23H33N3O3/c1-29-20-9-5-8-19-23(20)25-21(24-19)12-18-15-26(11-10-17(18)13-22(27)28)14-16-6-3-2-4-7-16/h5,8-9,16-18H,2-4,6-7,10-15H2,1H3,(H,24,25)(H,27,28)/t17-,18-/m0/s1. The van der Waals surface area contributed by atoms with Crippen LogP contribution in [0.4, 0.5) is 0 Å². The highest BCUT2D eigenvalue weighted by atomic mass is 16.5. The summed E-state index contributed by atoms with van der Waals surface area (Å²) in [4.78, 5) is 22.2. The number of nitrogens with zero attached hydrogens (tertiary/aromatic N) is 2. The van der Waals surface area contributed by atoms with E-state index in [4.69, 9.17) is 9.72 Å². The van der Waals surface area contributed by atoms with Gasteiger partial charge in [0.1, 0.15) is 17.1 Å². The van der Waals surface area contributed by atoms with Gasteiger partial charge < -0.3 is 19.7 Å². The van der Waals surface area contributed by atoms with Gasteiger partial charge in [0, 0.05) is 25.9 Å². The molecular weight excluding hydrogens is 366 g/mol. The average Bonchev–Trinajstić information content (AvgIpc) is 3.13. The lowest BCUT2D eigenvalue weighted by Crippen LogP contribution is -2.44. The van der Waals surface area contributed by atoms with E-state index in [0.29, 0.717) is 5.92 Å². The lowest BCUT2D eigenvalue weighted by Gasteiger charge is -2.40. The largest absolute Gasteiger partial charge is 0.494 e. The first-order chi connectivity index (χ1) is 14.1. The van der Waals surface area contributed by atoms with Gasteiger partial charge in [0.2, 0.25) is 0 Å². The van der Waals surface area contributed by atoms with E-state index in [0.717, 1.165) is 54.5 Å². The molecule has 0 bridgehead atoms. The molecule has 1 aliphatic carbocycles. The number of ether oxygens (including phenoxy) is 1. The van der Waals surface area contributed by atoms with Crippen molar-refractivity contribution in [3.63, 3.8) is 0 Å². The molecule has 0 spiro atoms. The Morgan fingerprint density at radius 3 is 2.83 bits per heavy atom. The minimum absolute atomic E-state index is 0.213. The van der Waals surface area contributed by atoms with Crippen molar-refractivity contribution in [1.29, 1.82) is 0 Å². The van der Waals surface area contributed by atoms with Crippen LogP contribution in [0.15, 0.2) is 18.2 Å². The molecule has 2 N–H and O–H groups in total. The molecule has 29 heavy (non-hydrogen) atoms. The van der Waals surface area contributed by atoms with Crippen LogP contribution in [0.2, 0.25) is 0 Å². The molecule has 6 nitrogen and oxygen atoms in total.